The summed E-state index contributed by atoms with van der Waals surface area (Å²) in [4.78, 5) is 23.2. The number of nitrogens with one attached hydrogen (secondary N) is 1. The molecule has 0 aromatic heterocycles. The van der Waals surface area contributed by atoms with Gasteiger partial charge in [-0.1, -0.05) is 25.5 Å². The standard InChI is InChI=1S/C18H25NO3/c1-2-3-4-13-5-11-16(12-6-13)19-17(20)14-7-9-15(10-8-14)18(21)22/h5-6,11-12,14-15H,2-4,7-10H2,1H3,(H,19,20)(H,21,22). The normalized spacial score (nSPS) is 21.3. The molecule has 1 fully saturated rings. The fourth-order valence-electron chi connectivity index (χ4n) is 2.98. The molecule has 1 aromatic rings. The lowest BCUT2D eigenvalue weighted by Crippen LogP contribution is -2.29. The first-order chi connectivity index (χ1) is 10.6. The van der Waals surface area contributed by atoms with Crippen LogP contribution in [0.3, 0.4) is 0 Å². The van der Waals surface area contributed by atoms with Gasteiger partial charge in [0, 0.05) is 11.6 Å². The molecule has 0 spiro atoms. The first kappa shape index (κ1) is 16.5. The Balaban J connectivity index is 1.83. The number of benzene rings is 1. The lowest BCUT2D eigenvalue weighted by molar-refractivity contribution is -0.143. The van der Waals surface area contributed by atoms with Crippen LogP contribution in [0.1, 0.15) is 51.0 Å². The second-order valence-corrected chi connectivity index (χ2v) is 6.18. The molecule has 4 nitrogen and oxygen atoms in total. The number of aryl methyl sites for hydroxylation is 1. The van der Waals surface area contributed by atoms with E-state index in [0.717, 1.165) is 12.1 Å². The second-order valence-electron chi connectivity index (χ2n) is 6.18. The molecule has 1 saturated carbocycles. The summed E-state index contributed by atoms with van der Waals surface area (Å²) in [5.74, 6) is -1.05. The molecule has 1 aromatic carbocycles. The molecule has 1 aliphatic carbocycles. The number of anilines is 1. The van der Waals surface area contributed by atoms with E-state index < -0.39 is 5.97 Å². The molecule has 0 atom stereocenters. The third-order valence-corrected chi connectivity index (χ3v) is 4.49. The summed E-state index contributed by atoms with van der Waals surface area (Å²) >= 11 is 0. The number of hydrogen-bond donors (Lipinski definition) is 2. The number of hydrogen-bond acceptors (Lipinski definition) is 2. The Hall–Kier alpha value is -1.84. The Kier molecular flexibility index (Phi) is 5.99. The zero-order chi connectivity index (χ0) is 15.9. The van der Waals surface area contributed by atoms with E-state index in [1.54, 1.807) is 0 Å². The number of carboxylic acids is 1. The van der Waals surface area contributed by atoms with E-state index in [-0.39, 0.29) is 17.7 Å². The van der Waals surface area contributed by atoms with Crippen LogP contribution in [0.4, 0.5) is 5.69 Å². The maximum Gasteiger partial charge on any atom is 0.306 e. The van der Waals surface area contributed by atoms with Crippen molar-refractivity contribution in [3.63, 3.8) is 0 Å². The van der Waals surface area contributed by atoms with Gasteiger partial charge in [-0.25, -0.2) is 0 Å². The number of amides is 1. The highest BCUT2D eigenvalue weighted by Crippen LogP contribution is 2.29. The summed E-state index contributed by atoms with van der Waals surface area (Å²) < 4.78 is 0. The molecule has 0 aliphatic heterocycles. The van der Waals surface area contributed by atoms with Crippen LogP contribution in [0, 0.1) is 11.8 Å². The molecule has 1 amide bonds. The minimum absolute atomic E-state index is 0.0187. The molecule has 0 bridgehead atoms. The highest BCUT2D eigenvalue weighted by molar-refractivity contribution is 5.92. The molecule has 0 saturated heterocycles. The molecule has 4 heteroatoms. The van der Waals surface area contributed by atoms with Gasteiger partial charge in [0.05, 0.1) is 5.92 Å². The molecule has 2 N–H and O–H groups in total. The largest absolute Gasteiger partial charge is 0.481 e. The Morgan fingerprint density at radius 1 is 1.09 bits per heavy atom. The average Bonchev–Trinajstić information content (AvgIpc) is 2.54. The number of carbonyl (C=O) groups is 2. The van der Waals surface area contributed by atoms with Crippen LogP contribution in [0.5, 0.6) is 0 Å². The Bertz CT molecular complexity index is 502. The van der Waals surface area contributed by atoms with Crippen molar-refractivity contribution >= 4 is 17.6 Å². The number of rotatable bonds is 6. The maximum atomic E-state index is 12.2. The summed E-state index contributed by atoms with van der Waals surface area (Å²) in [7, 11) is 0. The van der Waals surface area contributed by atoms with E-state index >= 15 is 0 Å². The minimum atomic E-state index is -0.735. The monoisotopic (exact) mass is 303 g/mol. The lowest BCUT2D eigenvalue weighted by Gasteiger charge is -2.25. The van der Waals surface area contributed by atoms with Crippen LogP contribution < -0.4 is 5.32 Å². The van der Waals surface area contributed by atoms with Crippen LogP contribution in [-0.4, -0.2) is 17.0 Å². The first-order valence-corrected chi connectivity index (χ1v) is 8.22. The zero-order valence-corrected chi connectivity index (χ0v) is 13.2. The molecule has 120 valence electrons. The van der Waals surface area contributed by atoms with Gasteiger partial charge in [-0.15, -0.1) is 0 Å². The molecule has 1 aliphatic rings. The summed E-state index contributed by atoms with van der Waals surface area (Å²) in [6, 6.07) is 8.02. The van der Waals surface area contributed by atoms with Crippen molar-refractivity contribution in [3.05, 3.63) is 29.8 Å². The van der Waals surface area contributed by atoms with E-state index in [1.807, 2.05) is 12.1 Å². The van der Waals surface area contributed by atoms with Crippen LogP contribution in [0.25, 0.3) is 0 Å². The molecule has 2 rings (SSSR count). The fourth-order valence-corrected chi connectivity index (χ4v) is 2.98. The SMILES string of the molecule is CCCCc1ccc(NC(=O)C2CCC(C(=O)O)CC2)cc1. The molecule has 0 unspecified atom stereocenters. The summed E-state index contributed by atoms with van der Waals surface area (Å²) in [5, 5.41) is 11.9. The number of unbranched alkanes of at least 4 members (excludes halogenated alkanes) is 1. The van der Waals surface area contributed by atoms with Gasteiger partial charge in [0.1, 0.15) is 0 Å². The van der Waals surface area contributed by atoms with Crippen LogP contribution in [0.15, 0.2) is 24.3 Å². The molecule has 0 heterocycles. The summed E-state index contributed by atoms with van der Waals surface area (Å²) in [5.41, 5.74) is 2.12. The van der Waals surface area contributed by atoms with Crippen molar-refractivity contribution in [3.8, 4) is 0 Å². The number of aliphatic carboxylic acids is 1. The van der Waals surface area contributed by atoms with Gasteiger partial charge in [0.2, 0.25) is 5.91 Å². The smallest absolute Gasteiger partial charge is 0.306 e. The van der Waals surface area contributed by atoms with Crippen LogP contribution >= 0.6 is 0 Å². The Labute approximate surface area is 131 Å². The zero-order valence-electron chi connectivity index (χ0n) is 13.2. The van der Waals surface area contributed by atoms with Gasteiger partial charge >= 0.3 is 5.97 Å². The van der Waals surface area contributed by atoms with Crippen molar-refractivity contribution < 1.29 is 14.7 Å². The highest BCUT2D eigenvalue weighted by Gasteiger charge is 2.29. The topological polar surface area (TPSA) is 66.4 Å². The maximum absolute atomic E-state index is 12.2. The van der Waals surface area contributed by atoms with Gasteiger partial charge in [-0.2, -0.15) is 0 Å². The predicted octanol–water partition coefficient (Wildman–Crippen LogP) is 3.86. The third-order valence-electron chi connectivity index (χ3n) is 4.49. The average molecular weight is 303 g/mol. The molecule has 22 heavy (non-hydrogen) atoms. The van der Waals surface area contributed by atoms with Gasteiger partial charge in [0.15, 0.2) is 0 Å². The van der Waals surface area contributed by atoms with Crippen molar-refractivity contribution in [2.75, 3.05) is 5.32 Å². The van der Waals surface area contributed by atoms with Crippen molar-refractivity contribution in [2.45, 2.75) is 51.9 Å². The lowest BCUT2D eigenvalue weighted by atomic mass is 9.81. The van der Waals surface area contributed by atoms with Crippen LogP contribution in [-0.2, 0) is 16.0 Å². The molecular formula is C18H25NO3. The quantitative estimate of drug-likeness (QED) is 0.838. The highest BCUT2D eigenvalue weighted by atomic mass is 16.4. The van der Waals surface area contributed by atoms with Crippen LogP contribution in [0.2, 0.25) is 0 Å². The van der Waals surface area contributed by atoms with E-state index in [9.17, 15) is 9.59 Å². The molecule has 0 radical (unpaired) electrons. The first-order valence-electron chi connectivity index (χ1n) is 8.22. The Morgan fingerprint density at radius 2 is 1.68 bits per heavy atom. The Morgan fingerprint density at radius 3 is 2.23 bits per heavy atom. The van der Waals surface area contributed by atoms with Crippen molar-refractivity contribution in [1.82, 2.24) is 0 Å². The van der Waals surface area contributed by atoms with Crippen molar-refractivity contribution in [1.29, 1.82) is 0 Å². The third kappa shape index (κ3) is 4.58. The van der Waals surface area contributed by atoms with E-state index in [1.165, 1.54) is 18.4 Å². The summed E-state index contributed by atoms with van der Waals surface area (Å²) in [6.45, 7) is 2.17. The summed E-state index contributed by atoms with van der Waals surface area (Å²) in [6.07, 6.45) is 5.96. The predicted molar refractivity (Wildman–Crippen MR) is 86.8 cm³/mol. The minimum Gasteiger partial charge on any atom is -0.481 e. The number of carboxylic acid groups (broad SMARTS) is 1. The number of carbonyl (C=O) groups excluding carboxylic acids is 1. The van der Waals surface area contributed by atoms with E-state index in [2.05, 4.69) is 24.4 Å². The van der Waals surface area contributed by atoms with E-state index in [4.69, 9.17) is 5.11 Å². The van der Waals surface area contributed by atoms with Gasteiger partial charge in [-0.3, -0.25) is 9.59 Å². The fraction of sp³-hybridized carbons (Fsp3) is 0.556. The van der Waals surface area contributed by atoms with Gasteiger partial charge in [-0.05, 0) is 56.2 Å². The van der Waals surface area contributed by atoms with Crippen molar-refractivity contribution in [2.24, 2.45) is 11.8 Å². The van der Waals surface area contributed by atoms with E-state index in [0.29, 0.717) is 25.7 Å². The molecular weight excluding hydrogens is 278 g/mol. The van der Waals surface area contributed by atoms with Gasteiger partial charge < -0.3 is 10.4 Å². The second kappa shape index (κ2) is 7.97. The van der Waals surface area contributed by atoms with Gasteiger partial charge in [0.25, 0.3) is 0 Å².